The lowest BCUT2D eigenvalue weighted by Crippen LogP contribution is -2.53. The van der Waals surface area contributed by atoms with Gasteiger partial charge in [-0.25, -0.2) is 17.5 Å². The van der Waals surface area contributed by atoms with E-state index in [1.807, 2.05) is 13.8 Å². The SMILES string of the molecule is CCS(=O)(=O)N1CCC(NC(=O)NC2CCOC(C)(C)C2)CC1. The topological polar surface area (TPSA) is 87.7 Å². The second-order valence-electron chi connectivity index (χ2n) is 6.99. The van der Waals surface area contributed by atoms with Gasteiger partial charge in [0, 0.05) is 31.8 Å². The number of nitrogens with zero attached hydrogens (tertiary/aromatic N) is 1. The highest BCUT2D eigenvalue weighted by atomic mass is 32.2. The number of ether oxygens (including phenoxy) is 1. The Labute approximate surface area is 139 Å². The smallest absolute Gasteiger partial charge is 0.315 e. The van der Waals surface area contributed by atoms with Crippen LogP contribution in [0.2, 0.25) is 0 Å². The zero-order chi connectivity index (χ0) is 17.1. The van der Waals surface area contributed by atoms with E-state index in [1.165, 1.54) is 4.31 Å². The fourth-order valence-corrected chi connectivity index (χ4v) is 4.36. The van der Waals surface area contributed by atoms with Crippen molar-refractivity contribution in [3.63, 3.8) is 0 Å². The van der Waals surface area contributed by atoms with E-state index < -0.39 is 10.0 Å². The van der Waals surface area contributed by atoms with Gasteiger partial charge in [0.1, 0.15) is 0 Å². The monoisotopic (exact) mass is 347 g/mol. The highest BCUT2D eigenvalue weighted by Gasteiger charge is 2.31. The Hall–Kier alpha value is -0.860. The molecule has 2 heterocycles. The van der Waals surface area contributed by atoms with Crippen molar-refractivity contribution in [2.24, 2.45) is 0 Å². The van der Waals surface area contributed by atoms with Gasteiger partial charge in [-0.1, -0.05) is 0 Å². The van der Waals surface area contributed by atoms with Gasteiger partial charge in [0.15, 0.2) is 0 Å². The number of piperidine rings is 1. The molecule has 2 fully saturated rings. The number of carbonyl (C=O) groups is 1. The van der Waals surface area contributed by atoms with E-state index in [2.05, 4.69) is 10.6 Å². The zero-order valence-electron chi connectivity index (χ0n) is 14.3. The lowest BCUT2D eigenvalue weighted by atomic mass is 9.94. The predicted octanol–water partition coefficient (Wildman–Crippen LogP) is 1.06. The molecule has 2 aliphatic rings. The van der Waals surface area contributed by atoms with Crippen LogP contribution in [0, 0.1) is 0 Å². The lowest BCUT2D eigenvalue weighted by molar-refractivity contribution is -0.0611. The molecule has 1 unspecified atom stereocenters. The molecule has 2 N–H and O–H groups in total. The third kappa shape index (κ3) is 5.32. The summed E-state index contributed by atoms with van der Waals surface area (Å²) in [7, 11) is -3.12. The first-order chi connectivity index (χ1) is 10.7. The van der Waals surface area contributed by atoms with Gasteiger partial charge >= 0.3 is 6.03 Å². The third-order valence-corrected chi connectivity index (χ3v) is 6.46. The van der Waals surface area contributed by atoms with Gasteiger partial charge in [0.2, 0.25) is 10.0 Å². The summed E-state index contributed by atoms with van der Waals surface area (Å²) in [6.07, 6.45) is 2.94. The van der Waals surface area contributed by atoms with Crippen molar-refractivity contribution in [2.45, 2.75) is 64.1 Å². The Kier molecular flexibility index (Phi) is 5.91. The lowest BCUT2D eigenvalue weighted by Gasteiger charge is -2.36. The molecule has 2 aliphatic heterocycles. The largest absolute Gasteiger partial charge is 0.375 e. The van der Waals surface area contributed by atoms with Gasteiger partial charge in [-0.3, -0.25) is 0 Å². The van der Waals surface area contributed by atoms with Crippen molar-refractivity contribution in [1.82, 2.24) is 14.9 Å². The molecular formula is C15H29N3O4S. The summed E-state index contributed by atoms with van der Waals surface area (Å²) in [6, 6.07) is -0.00466. The first-order valence-electron chi connectivity index (χ1n) is 8.40. The van der Waals surface area contributed by atoms with Crippen LogP contribution in [0.1, 0.15) is 46.5 Å². The summed E-state index contributed by atoms with van der Waals surface area (Å²) in [4.78, 5) is 12.1. The van der Waals surface area contributed by atoms with Crippen molar-refractivity contribution < 1.29 is 17.9 Å². The second-order valence-corrected chi connectivity index (χ2v) is 9.25. The molecule has 0 aromatic heterocycles. The van der Waals surface area contributed by atoms with E-state index in [-0.39, 0.29) is 29.5 Å². The van der Waals surface area contributed by atoms with Crippen LogP contribution in [-0.4, -0.2) is 61.9 Å². The van der Waals surface area contributed by atoms with Crippen LogP contribution in [0.4, 0.5) is 4.79 Å². The molecule has 7 nitrogen and oxygen atoms in total. The molecule has 2 amide bonds. The summed E-state index contributed by atoms with van der Waals surface area (Å²) in [5.41, 5.74) is -0.198. The fraction of sp³-hybridized carbons (Fsp3) is 0.933. The number of hydrogen-bond acceptors (Lipinski definition) is 4. The van der Waals surface area contributed by atoms with Gasteiger partial charge in [-0.15, -0.1) is 0 Å². The number of rotatable bonds is 4. The van der Waals surface area contributed by atoms with Gasteiger partial charge < -0.3 is 15.4 Å². The van der Waals surface area contributed by atoms with Gasteiger partial charge in [-0.05, 0) is 46.5 Å². The molecule has 0 spiro atoms. The van der Waals surface area contributed by atoms with E-state index in [1.54, 1.807) is 6.92 Å². The van der Waals surface area contributed by atoms with Crippen molar-refractivity contribution >= 4 is 16.1 Å². The molecule has 0 aliphatic carbocycles. The molecule has 2 rings (SSSR count). The maximum absolute atomic E-state index is 12.1. The van der Waals surface area contributed by atoms with Crippen molar-refractivity contribution in [3.05, 3.63) is 0 Å². The Morgan fingerprint density at radius 1 is 1.17 bits per heavy atom. The molecule has 0 aromatic rings. The predicted molar refractivity (Wildman–Crippen MR) is 88.8 cm³/mol. The zero-order valence-corrected chi connectivity index (χ0v) is 15.1. The molecule has 8 heteroatoms. The van der Waals surface area contributed by atoms with Crippen molar-refractivity contribution in [1.29, 1.82) is 0 Å². The normalized spacial score (nSPS) is 26.7. The molecule has 0 saturated carbocycles. The Morgan fingerprint density at radius 2 is 1.78 bits per heavy atom. The van der Waals surface area contributed by atoms with Crippen LogP contribution in [0.3, 0.4) is 0 Å². The quantitative estimate of drug-likeness (QED) is 0.796. The number of sulfonamides is 1. The standard InChI is InChI=1S/C15H29N3O4S/c1-4-23(20,21)18-8-5-12(6-9-18)16-14(19)17-13-7-10-22-15(2,3)11-13/h12-13H,4-11H2,1-3H3,(H2,16,17,19). The third-order valence-electron chi connectivity index (χ3n) is 4.58. The van der Waals surface area contributed by atoms with E-state index in [0.29, 0.717) is 32.5 Å². The molecule has 0 aromatic carbocycles. The number of carbonyl (C=O) groups excluding carboxylic acids is 1. The number of hydrogen-bond donors (Lipinski definition) is 2. The average Bonchev–Trinajstić information content (AvgIpc) is 2.46. The van der Waals surface area contributed by atoms with Gasteiger partial charge in [-0.2, -0.15) is 0 Å². The summed E-state index contributed by atoms with van der Waals surface area (Å²) >= 11 is 0. The molecule has 0 bridgehead atoms. The molecular weight excluding hydrogens is 318 g/mol. The first kappa shape index (κ1) is 18.5. The molecule has 0 radical (unpaired) electrons. The minimum absolute atomic E-state index is 0.0335. The van der Waals surface area contributed by atoms with Crippen LogP contribution < -0.4 is 10.6 Å². The van der Waals surface area contributed by atoms with Crippen LogP contribution >= 0.6 is 0 Å². The van der Waals surface area contributed by atoms with E-state index in [4.69, 9.17) is 4.74 Å². The molecule has 1 atom stereocenters. The second kappa shape index (κ2) is 7.36. The van der Waals surface area contributed by atoms with Crippen LogP contribution in [0.15, 0.2) is 0 Å². The summed E-state index contributed by atoms with van der Waals surface area (Å²) in [6.45, 7) is 7.33. The Balaban J connectivity index is 1.75. The first-order valence-corrected chi connectivity index (χ1v) is 10.0. The number of nitrogens with one attached hydrogen (secondary N) is 2. The molecule has 134 valence electrons. The summed E-state index contributed by atoms with van der Waals surface area (Å²) in [5.74, 6) is 0.130. The average molecular weight is 347 g/mol. The Morgan fingerprint density at radius 3 is 2.35 bits per heavy atom. The summed E-state index contributed by atoms with van der Waals surface area (Å²) < 4.78 is 30.8. The van der Waals surface area contributed by atoms with Crippen molar-refractivity contribution in [2.75, 3.05) is 25.4 Å². The van der Waals surface area contributed by atoms with E-state index in [0.717, 1.165) is 12.8 Å². The van der Waals surface area contributed by atoms with Crippen LogP contribution in [0.5, 0.6) is 0 Å². The van der Waals surface area contributed by atoms with Crippen LogP contribution in [-0.2, 0) is 14.8 Å². The maximum Gasteiger partial charge on any atom is 0.315 e. The Bertz CT molecular complexity index is 513. The number of amides is 2. The highest BCUT2D eigenvalue weighted by Crippen LogP contribution is 2.23. The van der Waals surface area contributed by atoms with E-state index >= 15 is 0 Å². The van der Waals surface area contributed by atoms with Crippen molar-refractivity contribution in [3.8, 4) is 0 Å². The number of urea groups is 1. The summed E-state index contributed by atoms with van der Waals surface area (Å²) in [5, 5.41) is 5.98. The molecule has 23 heavy (non-hydrogen) atoms. The van der Waals surface area contributed by atoms with Gasteiger partial charge in [0.25, 0.3) is 0 Å². The minimum atomic E-state index is -3.12. The highest BCUT2D eigenvalue weighted by molar-refractivity contribution is 7.89. The minimum Gasteiger partial charge on any atom is -0.375 e. The maximum atomic E-state index is 12.1. The van der Waals surface area contributed by atoms with Crippen LogP contribution in [0.25, 0.3) is 0 Å². The van der Waals surface area contributed by atoms with Gasteiger partial charge in [0.05, 0.1) is 11.4 Å². The van der Waals surface area contributed by atoms with E-state index in [9.17, 15) is 13.2 Å². The fourth-order valence-electron chi connectivity index (χ4n) is 3.23. The molecule has 2 saturated heterocycles.